The summed E-state index contributed by atoms with van der Waals surface area (Å²) >= 11 is 1.13. The molecular weight excluding hydrogens is 322 g/mol. The second kappa shape index (κ2) is 7.77. The van der Waals surface area contributed by atoms with Crippen LogP contribution in [0.5, 0.6) is 0 Å². The fourth-order valence-electron chi connectivity index (χ4n) is 1.80. The molecule has 23 heavy (non-hydrogen) atoms. The fourth-order valence-corrected chi connectivity index (χ4v) is 2.41. The lowest BCUT2D eigenvalue weighted by Crippen LogP contribution is -2.27. The van der Waals surface area contributed by atoms with Crippen molar-refractivity contribution in [2.24, 2.45) is 0 Å². The van der Waals surface area contributed by atoms with E-state index >= 15 is 0 Å². The Bertz CT molecular complexity index is 794. The first-order valence-electron chi connectivity index (χ1n) is 7.03. The average Bonchev–Trinajstić information content (AvgIpc) is 2.94. The molecule has 0 spiro atoms. The molecule has 0 fully saturated rings. The van der Waals surface area contributed by atoms with E-state index in [-0.39, 0.29) is 29.2 Å². The van der Waals surface area contributed by atoms with E-state index in [0.717, 1.165) is 18.2 Å². The van der Waals surface area contributed by atoms with E-state index in [0.29, 0.717) is 17.8 Å². The molecule has 10 heteroatoms. The Hall–Kier alpha value is -2.36. The van der Waals surface area contributed by atoms with E-state index in [9.17, 15) is 14.4 Å². The number of hydrogen-bond donors (Lipinski definition) is 3. The van der Waals surface area contributed by atoms with Crippen LogP contribution in [0.2, 0.25) is 0 Å². The van der Waals surface area contributed by atoms with Crippen molar-refractivity contribution in [3.8, 4) is 0 Å². The third-order valence-corrected chi connectivity index (χ3v) is 3.75. The highest BCUT2D eigenvalue weighted by Crippen LogP contribution is 2.17. The van der Waals surface area contributed by atoms with Crippen molar-refractivity contribution in [1.29, 1.82) is 0 Å². The molecule has 0 bridgehead atoms. The van der Waals surface area contributed by atoms with E-state index in [1.54, 1.807) is 6.92 Å². The van der Waals surface area contributed by atoms with Crippen LogP contribution in [0.25, 0.3) is 0 Å². The number of aromatic nitrogens is 4. The molecule has 0 aliphatic carbocycles. The Kier molecular flexibility index (Phi) is 5.74. The SMILES string of the molecule is CCCNC(=O)CSc1nnc(Cc2c(C)[nH]c(=O)[nH]c2=O)o1. The summed E-state index contributed by atoms with van der Waals surface area (Å²) in [6.07, 6.45) is 0.974. The maximum atomic E-state index is 11.8. The number of thioether (sulfide) groups is 1. The van der Waals surface area contributed by atoms with Crippen LogP contribution in [0.1, 0.15) is 30.5 Å². The molecule has 2 aromatic rings. The van der Waals surface area contributed by atoms with Crippen LogP contribution >= 0.6 is 11.8 Å². The first-order chi connectivity index (χ1) is 11.0. The molecule has 0 radical (unpaired) electrons. The zero-order chi connectivity index (χ0) is 16.8. The summed E-state index contributed by atoms with van der Waals surface area (Å²) in [5, 5.41) is 10.7. The maximum absolute atomic E-state index is 11.8. The Morgan fingerprint density at radius 2 is 2.09 bits per heavy atom. The van der Waals surface area contributed by atoms with Gasteiger partial charge in [0.05, 0.1) is 12.2 Å². The summed E-state index contributed by atoms with van der Waals surface area (Å²) in [5.41, 5.74) is -0.246. The number of H-pyrrole nitrogens is 2. The van der Waals surface area contributed by atoms with Crippen LogP contribution in [0.4, 0.5) is 0 Å². The van der Waals surface area contributed by atoms with E-state index in [4.69, 9.17) is 4.42 Å². The highest BCUT2D eigenvalue weighted by molar-refractivity contribution is 7.99. The Morgan fingerprint density at radius 1 is 1.30 bits per heavy atom. The van der Waals surface area contributed by atoms with Gasteiger partial charge in [0.1, 0.15) is 0 Å². The summed E-state index contributed by atoms with van der Waals surface area (Å²) in [4.78, 5) is 39.1. The second-order valence-electron chi connectivity index (χ2n) is 4.79. The summed E-state index contributed by atoms with van der Waals surface area (Å²) in [6, 6.07) is 0. The summed E-state index contributed by atoms with van der Waals surface area (Å²) in [6.45, 7) is 4.22. The van der Waals surface area contributed by atoms with Gasteiger partial charge in [-0.1, -0.05) is 18.7 Å². The number of carbonyl (C=O) groups excluding carboxylic acids is 1. The lowest BCUT2D eigenvalue weighted by molar-refractivity contribution is -0.118. The van der Waals surface area contributed by atoms with Gasteiger partial charge in [-0.2, -0.15) is 0 Å². The number of rotatable bonds is 7. The molecule has 0 unspecified atom stereocenters. The zero-order valence-electron chi connectivity index (χ0n) is 12.8. The average molecular weight is 339 g/mol. The number of carbonyl (C=O) groups is 1. The molecular formula is C13H17N5O4S. The van der Waals surface area contributed by atoms with Crippen molar-refractivity contribution in [3.63, 3.8) is 0 Å². The van der Waals surface area contributed by atoms with Gasteiger partial charge >= 0.3 is 5.69 Å². The molecule has 0 saturated heterocycles. The lowest BCUT2D eigenvalue weighted by atomic mass is 10.2. The van der Waals surface area contributed by atoms with Crippen LogP contribution in [0.15, 0.2) is 19.2 Å². The predicted molar refractivity (Wildman–Crippen MR) is 83.5 cm³/mol. The topological polar surface area (TPSA) is 134 Å². The summed E-state index contributed by atoms with van der Waals surface area (Å²) in [7, 11) is 0. The molecule has 2 rings (SSSR count). The minimum absolute atomic E-state index is 0.105. The van der Waals surface area contributed by atoms with Crippen molar-refractivity contribution in [2.45, 2.75) is 31.9 Å². The number of nitrogens with zero attached hydrogens (tertiary/aromatic N) is 2. The Balaban J connectivity index is 1.99. The van der Waals surface area contributed by atoms with Gasteiger partial charge in [0.2, 0.25) is 11.8 Å². The molecule has 9 nitrogen and oxygen atoms in total. The van der Waals surface area contributed by atoms with E-state index in [2.05, 4.69) is 25.5 Å². The highest BCUT2D eigenvalue weighted by atomic mass is 32.2. The minimum atomic E-state index is -0.559. The van der Waals surface area contributed by atoms with Crippen LogP contribution in [-0.4, -0.2) is 38.4 Å². The predicted octanol–water partition coefficient (Wildman–Crippen LogP) is -0.0363. The molecule has 124 valence electrons. The standard InChI is InChI=1S/C13H17N5O4S/c1-3-4-14-9(19)6-23-13-18-17-10(22-13)5-8-7(2)15-12(21)16-11(8)20/h3-6H2,1-2H3,(H,14,19)(H2,15,16,20,21). The van der Waals surface area contributed by atoms with Gasteiger partial charge in [-0.15, -0.1) is 10.2 Å². The normalized spacial score (nSPS) is 10.7. The van der Waals surface area contributed by atoms with Crippen molar-refractivity contribution in [3.05, 3.63) is 38.0 Å². The van der Waals surface area contributed by atoms with E-state index in [1.807, 2.05) is 6.92 Å². The van der Waals surface area contributed by atoms with Gasteiger partial charge in [-0.3, -0.25) is 14.6 Å². The molecule has 0 aliphatic rings. The first-order valence-corrected chi connectivity index (χ1v) is 8.02. The molecule has 2 heterocycles. The van der Waals surface area contributed by atoms with Gasteiger partial charge in [0, 0.05) is 17.8 Å². The van der Waals surface area contributed by atoms with Crippen molar-refractivity contribution < 1.29 is 9.21 Å². The molecule has 0 saturated carbocycles. The van der Waals surface area contributed by atoms with Crippen LogP contribution in [0, 0.1) is 6.92 Å². The number of nitrogens with one attached hydrogen (secondary N) is 3. The van der Waals surface area contributed by atoms with Gasteiger partial charge in [-0.05, 0) is 13.3 Å². The molecule has 0 atom stereocenters. The molecule has 3 N–H and O–H groups in total. The van der Waals surface area contributed by atoms with Gasteiger partial charge in [0.25, 0.3) is 10.8 Å². The molecule has 2 aromatic heterocycles. The third-order valence-electron chi connectivity index (χ3n) is 2.93. The minimum Gasteiger partial charge on any atom is -0.416 e. The fraction of sp³-hybridized carbons (Fsp3) is 0.462. The van der Waals surface area contributed by atoms with Crippen molar-refractivity contribution in [2.75, 3.05) is 12.3 Å². The smallest absolute Gasteiger partial charge is 0.325 e. The Labute approximate surface area is 135 Å². The number of aryl methyl sites for hydroxylation is 1. The third kappa shape index (κ3) is 4.81. The zero-order valence-corrected chi connectivity index (χ0v) is 13.6. The van der Waals surface area contributed by atoms with Crippen LogP contribution in [-0.2, 0) is 11.2 Å². The first kappa shape index (κ1) is 17.0. The second-order valence-corrected chi connectivity index (χ2v) is 5.72. The summed E-state index contributed by atoms with van der Waals surface area (Å²) < 4.78 is 5.40. The monoisotopic (exact) mass is 339 g/mol. The van der Waals surface area contributed by atoms with Crippen molar-refractivity contribution >= 4 is 17.7 Å². The number of amides is 1. The van der Waals surface area contributed by atoms with Crippen LogP contribution in [0.3, 0.4) is 0 Å². The van der Waals surface area contributed by atoms with Gasteiger partial charge in [-0.25, -0.2) is 4.79 Å². The van der Waals surface area contributed by atoms with E-state index in [1.165, 1.54) is 0 Å². The largest absolute Gasteiger partial charge is 0.416 e. The quantitative estimate of drug-likeness (QED) is 0.603. The van der Waals surface area contributed by atoms with Crippen LogP contribution < -0.4 is 16.6 Å². The van der Waals surface area contributed by atoms with Gasteiger partial charge < -0.3 is 14.7 Å². The highest BCUT2D eigenvalue weighted by Gasteiger charge is 2.13. The van der Waals surface area contributed by atoms with Crippen molar-refractivity contribution in [1.82, 2.24) is 25.5 Å². The molecule has 0 aromatic carbocycles. The number of hydrogen-bond acceptors (Lipinski definition) is 7. The molecule has 0 aliphatic heterocycles. The maximum Gasteiger partial charge on any atom is 0.325 e. The van der Waals surface area contributed by atoms with Gasteiger partial charge in [0.15, 0.2) is 0 Å². The molecule has 1 amide bonds. The lowest BCUT2D eigenvalue weighted by Gasteiger charge is -2.01. The Morgan fingerprint density at radius 3 is 2.78 bits per heavy atom. The number of aromatic amines is 2. The summed E-state index contributed by atoms with van der Waals surface area (Å²) in [5.74, 6) is 0.312. The van der Waals surface area contributed by atoms with E-state index < -0.39 is 11.2 Å².